The van der Waals surface area contributed by atoms with Gasteiger partial charge in [-0.2, -0.15) is 13.5 Å². The summed E-state index contributed by atoms with van der Waals surface area (Å²) in [5.41, 5.74) is 0. The fourth-order valence-electron chi connectivity index (χ4n) is 0. The molecule has 0 fully saturated rings. The molecule has 0 aromatic heterocycles. The normalized spacial score (nSPS) is 0. The first kappa shape index (κ1) is 32.6. The van der Waals surface area contributed by atoms with Crippen LogP contribution in [0.3, 0.4) is 0 Å². The summed E-state index contributed by atoms with van der Waals surface area (Å²) < 4.78 is 0. The van der Waals surface area contributed by atoms with Gasteiger partial charge in [0.05, 0.1) is 0 Å². The Bertz CT molecular complexity index is 8.00. The van der Waals surface area contributed by atoms with Crippen molar-refractivity contribution < 1.29 is 17.1 Å². The third-order valence-electron chi connectivity index (χ3n) is 0. The summed E-state index contributed by atoms with van der Waals surface area (Å²) in [6.07, 6.45) is 0. The minimum absolute atomic E-state index is 0. The van der Waals surface area contributed by atoms with Crippen molar-refractivity contribution in [2.24, 2.45) is 0 Å². The fourth-order valence-corrected chi connectivity index (χ4v) is 0. The maximum Gasteiger partial charge on any atom is 0 e. The zero-order chi connectivity index (χ0) is 0. The van der Waals surface area contributed by atoms with Crippen LogP contribution < -0.4 is 0 Å². The largest absolute Gasteiger partial charge is 0.197 e. The van der Waals surface area contributed by atoms with E-state index in [0.717, 1.165) is 0 Å². The average molecular weight is 282 g/mol. The van der Waals surface area contributed by atoms with Crippen LogP contribution in [0.1, 0.15) is 0 Å². The molecule has 0 amide bonds. The van der Waals surface area contributed by atoms with Gasteiger partial charge in [-0.1, -0.05) is 0 Å². The van der Waals surface area contributed by atoms with Gasteiger partial charge in [0.1, 0.15) is 0 Å². The Hall–Kier alpha value is 2.38. The Balaban J connectivity index is 0. The smallest absolute Gasteiger partial charge is 0 e. The molecule has 25 valence electrons. The van der Waals surface area contributed by atoms with Gasteiger partial charge in [-0.25, -0.2) is 0 Å². The molecular weight excluding hydrogens is 280 g/mol. The van der Waals surface area contributed by atoms with Gasteiger partial charge >= 0.3 is 0 Å². The summed E-state index contributed by atoms with van der Waals surface area (Å²) >= 11 is 0. The molecule has 0 heterocycles. The molecule has 0 saturated carbocycles. The molecule has 0 spiro atoms. The van der Waals surface area contributed by atoms with E-state index in [0.29, 0.717) is 0 Å². The molecule has 0 bridgehead atoms. The van der Waals surface area contributed by atoms with E-state index in [9.17, 15) is 0 Å². The van der Waals surface area contributed by atoms with Crippen LogP contribution in [0.2, 0.25) is 0 Å². The molecule has 0 unspecified atom stereocenters. The van der Waals surface area contributed by atoms with Crippen molar-refractivity contribution in [3.63, 3.8) is 0 Å². The van der Waals surface area contributed by atoms with E-state index >= 15 is 0 Å². The molecule has 0 saturated heterocycles. The summed E-state index contributed by atoms with van der Waals surface area (Å²) in [4.78, 5) is 0. The van der Waals surface area contributed by atoms with E-state index in [4.69, 9.17) is 0 Å². The van der Waals surface area contributed by atoms with Crippen LogP contribution in [0.15, 0.2) is 0 Å². The van der Waals surface area contributed by atoms with Gasteiger partial charge in [0.2, 0.25) is 0 Å². The Morgan fingerprint density at radius 1 is 1.00 bits per heavy atom. The van der Waals surface area contributed by atoms with Gasteiger partial charge < -0.3 is 0 Å². The quantitative estimate of drug-likeness (QED) is 0.518. The maximum absolute atomic E-state index is 0. The number of hydrogen-bond donors (Lipinski definition) is 0. The standard InChI is InChI=1S/Cu.Ga.In.H2S/h;;;1H2. The Morgan fingerprint density at radius 3 is 1.00 bits per heavy atom. The van der Waals surface area contributed by atoms with E-state index in [1.807, 2.05) is 0 Å². The molecule has 0 N–H and O–H groups in total. The Morgan fingerprint density at radius 2 is 1.00 bits per heavy atom. The molecule has 0 aliphatic carbocycles. The van der Waals surface area contributed by atoms with Gasteiger partial charge in [-0.05, 0) is 0 Å². The molecule has 4 heavy (non-hydrogen) atoms. The van der Waals surface area contributed by atoms with Crippen molar-refractivity contribution >= 4 is 59.1 Å². The maximum atomic E-state index is 0. The first-order valence-electron chi connectivity index (χ1n) is 0. The molecule has 0 rings (SSSR count). The van der Waals surface area contributed by atoms with Crippen LogP contribution in [-0.2, 0) is 17.1 Å². The number of rotatable bonds is 0. The zero-order valence-corrected chi connectivity index (χ0v) is 9.62. The van der Waals surface area contributed by atoms with E-state index < -0.39 is 0 Å². The SMILES string of the molecule is S.[Cu].[Ga].[In]. The average Bonchev–Trinajstić information content (AvgIpc) is 0. The Labute approximate surface area is 75.2 Å². The van der Waals surface area contributed by atoms with Crippen molar-refractivity contribution in [2.75, 3.05) is 0 Å². The molecule has 0 aromatic carbocycles. The summed E-state index contributed by atoms with van der Waals surface area (Å²) in [5, 5.41) is 0. The summed E-state index contributed by atoms with van der Waals surface area (Å²) in [5.74, 6) is 0. The van der Waals surface area contributed by atoms with E-state index in [1.54, 1.807) is 0 Å². The predicted octanol–water partition coefficient (Wildman–Crippen LogP) is -0.651. The summed E-state index contributed by atoms with van der Waals surface area (Å²) in [6.45, 7) is 0. The van der Waals surface area contributed by atoms with Crippen LogP contribution in [0.25, 0.3) is 0 Å². The van der Waals surface area contributed by atoms with Crippen molar-refractivity contribution in [3.8, 4) is 0 Å². The van der Waals surface area contributed by atoms with Gasteiger partial charge in [0.25, 0.3) is 0 Å². The van der Waals surface area contributed by atoms with Crippen LogP contribution in [0.5, 0.6) is 0 Å². The van der Waals surface area contributed by atoms with Crippen molar-refractivity contribution in [2.45, 2.75) is 0 Å². The number of hydrogen-bond acceptors (Lipinski definition) is 0. The molecular formula is H2CuGaInS. The van der Waals surface area contributed by atoms with Crippen molar-refractivity contribution in [1.82, 2.24) is 0 Å². The third kappa shape index (κ3) is 8.83. The van der Waals surface area contributed by atoms with Crippen molar-refractivity contribution in [3.05, 3.63) is 0 Å². The van der Waals surface area contributed by atoms with Crippen LogP contribution >= 0.6 is 13.5 Å². The van der Waals surface area contributed by atoms with Gasteiger partial charge in [-0.3, -0.25) is 0 Å². The van der Waals surface area contributed by atoms with Gasteiger partial charge in [-0.15, -0.1) is 0 Å². The molecule has 0 nitrogen and oxygen atoms in total. The van der Waals surface area contributed by atoms with E-state index in [-0.39, 0.29) is 76.2 Å². The van der Waals surface area contributed by atoms with E-state index in [2.05, 4.69) is 0 Å². The van der Waals surface area contributed by atoms with Gasteiger partial charge in [0.15, 0.2) is 0 Å². The predicted molar refractivity (Wildman–Crippen MR) is 21.9 cm³/mol. The monoisotopic (exact) mass is 281 g/mol. The first-order valence-corrected chi connectivity index (χ1v) is 0. The minimum Gasteiger partial charge on any atom is -0.197 e. The van der Waals surface area contributed by atoms with Gasteiger partial charge in [0, 0.05) is 62.7 Å². The third-order valence-corrected chi connectivity index (χ3v) is 0. The summed E-state index contributed by atoms with van der Waals surface area (Å²) in [7, 11) is 0. The second-order valence-corrected chi connectivity index (χ2v) is 0. The molecule has 0 atom stereocenters. The van der Waals surface area contributed by atoms with E-state index in [1.165, 1.54) is 0 Å². The second kappa shape index (κ2) is 18.2. The van der Waals surface area contributed by atoms with Crippen molar-refractivity contribution in [1.29, 1.82) is 0 Å². The molecule has 0 aliphatic heterocycles. The van der Waals surface area contributed by atoms with Crippen LogP contribution in [0.4, 0.5) is 0 Å². The topological polar surface area (TPSA) is 0 Å². The second-order valence-electron chi connectivity index (χ2n) is 0. The molecule has 4 heteroatoms. The van der Waals surface area contributed by atoms with Crippen LogP contribution in [0, 0.1) is 0 Å². The summed E-state index contributed by atoms with van der Waals surface area (Å²) in [6, 6.07) is 0. The Kier molecular flexibility index (Phi) is 149. The first-order chi connectivity index (χ1) is 0. The molecule has 7 radical (unpaired) electrons. The fraction of sp³-hybridized carbons (Fsp3) is 0. The zero-order valence-electron chi connectivity index (χ0n) is 1.96. The molecule has 0 aromatic rings. The molecule has 0 aliphatic rings. The van der Waals surface area contributed by atoms with Crippen LogP contribution in [-0.4, -0.2) is 45.6 Å². The minimum atomic E-state index is 0.